The fourth-order valence-electron chi connectivity index (χ4n) is 3.96. The minimum atomic E-state index is -4.44. The summed E-state index contributed by atoms with van der Waals surface area (Å²) in [6.07, 6.45) is -3.59. The maximum Gasteiger partial charge on any atom is 0.416 e. The summed E-state index contributed by atoms with van der Waals surface area (Å²) >= 11 is 6.46. The van der Waals surface area contributed by atoms with E-state index in [1.54, 1.807) is 48.6 Å². The lowest BCUT2D eigenvalue weighted by atomic mass is 10.0. The van der Waals surface area contributed by atoms with Gasteiger partial charge in [-0.1, -0.05) is 35.9 Å². The molecule has 0 N–H and O–H groups in total. The molecule has 0 spiro atoms. The third-order valence-corrected chi connectivity index (χ3v) is 5.79. The quantitative estimate of drug-likeness (QED) is 0.392. The molecule has 0 saturated carbocycles. The minimum Gasteiger partial charge on any atom is -0.444 e. The van der Waals surface area contributed by atoms with Crippen molar-refractivity contribution in [2.75, 3.05) is 6.54 Å². The summed E-state index contributed by atoms with van der Waals surface area (Å²) in [6, 6.07) is 12.1. The number of aryl methyl sites for hydroxylation is 1. The number of nitrogens with zero attached hydrogens (tertiary/aromatic N) is 3. The first-order valence-corrected chi connectivity index (χ1v) is 11.3. The smallest absolute Gasteiger partial charge is 0.416 e. The van der Waals surface area contributed by atoms with Crippen molar-refractivity contribution in [3.63, 3.8) is 0 Å². The Balaban J connectivity index is 1.84. The molecule has 1 aliphatic heterocycles. The molecule has 1 amide bonds. The van der Waals surface area contributed by atoms with Gasteiger partial charge in [-0.25, -0.2) is 9.48 Å². The van der Waals surface area contributed by atoms with E-state index in [1.807, 2.05) is 6.07 Å². The Kier molecular flexibility index (Phi) is 6.38. The number of hydrogen-bond acceptors (Lipinski definition) is 3. The molecule has 1 aromatic heterocycles. The number of carbonyl (C=O) groups excluding carboxylic acids is 1. The van der Waals surface area contributed by atoms with E-state index < -0.39 is 23.4 Å². The topological polar surface area (TPSA) is 47.4 Å². The van der Waals surface area contributed by atoms with Gasteiger partial charge in [0.2, 0.25) is 0 Å². The first kappa shape index (κ1) is 24.1. The second-order valence-electron chi connectivity index (χ2n) is 9.22. The van der Waals surface area contributed by atoms with Gasteiger partial charge in [0.25, 0.3) is 0 Å². The number of ether oxygens (including phenoxy) is 1. The molecule has 0 bridgehead atoms. The number of hydrogen-bond donors (Lipinski definition) is 0. The predicted molar refractivity (Wildman–Crippen MR) is 124 cm³/mol. The second kappa shape index (κ2) is 8.98. The highest BCUT2D eigenvalue weighted by atomic mass is 35.5. The van der Waals surface area contributed by atoms with Crippen LogP contribution in [0.5, 0.6) is 0 Å². The summed E-state index contributed by atoms with van der Waals surface area (Å²) in [7, 11) is 0. The van der Waals surface area contributed by atoms with Crippen LogP contribution in [-0.4, -0.2) is 32.9 Å². The van der Waals surface area contributed by atoms with Gasteiger partial charge in [-0.05, 0) is 57.9 Å². The lowest BCUT2D eigenvalue weighted by Gasteiger charge is -2.26. The van der Waals surface area contributed by atoms with Gasteiger partial charge in [0.1, 0.15) is 5.60 Å². The monoisotopic (exact) mass is 491 g/mol. The van der Waals surface area contributed by atoms with E-state index >= 15 is 0 Å². The van der Waals surface area contributed by atoms with E-state index in [4.69, 9.17) is 21.4 Å². The standard InChI is InChI=1S/C25H25ClF3N3O2/c1-24(2,3)34-23(33)31-14-6-8-20-18(15-31)22(16-10-12-17(13-11-16)25(27,28)29)32(30-20)21-9-5-4-7-19(21)26/h4-5,7,9-13H,6,8,14-15H2,1-3H3. The maximum atomic E-state index is 13.2. The zero-order valence-electron chi connectivity index (χ0n) is 19.1. The summed E-state index contributed by atoms with van der Waals surface area (Å²) in [5.41, 5.74) is 1.92. The average molecular weight is 492 g/mol. The van der Waals surface area contributed by atoms with E-state index in [1.165, 1.54) is 12.1 Å². The van der Waals surface area contributed by atoms with E-state index in [-0.39, 0.29) is 6.54 Å². The highest BCUT2D eigenvalue weighted by molar-refractivity contribution is 6.32. The predicted octanol–water partition coefficient (Wildman–Crippen LogP) is 6.89. The first-order valence-electron chi connectivity index (χ1n) is 11.0. The molecule has 180 valence electrons. The number of amides is 1. The Bertz CT molecular complexity index is 1200. The molecule has 5 nitrogen and oxygen atoms in total. The highest BCUT2D eigenvalue weighted by Gasteiger charge is 2.32. The van der Waals surface area contributed by atoms with Crippen molar-refractivity contribution in [2.45, 2.75) is 51.9 Å². The highest BCUT2D eigenvalue weighted by Crippen LogP contribution is 2.36. The molecule has 34 heavy (non-hydrogen) atoms. The zero-order valence-corrected chi connectivity index (χ0v) is 19.9. The summed E-state index contributed by atoms with van der Waals surface area (Å²) in [4.78, 5) is 14.5. The Morgan fingerprint density at radius 1 is 1.06 bits per heavy atom. The van der Waals surface area contributed by atoms with Gasteiger partial charge in [-0.2, -0.15) is 18.3 Å². The van der Waals surface area contributed by atoms with Crippen molar-refractivity contribution in [3.05, 3.63) is 70.4 Å². The van der Waals surface area contributed by atoms with Gasteiger partial charge in [0, 0.05) is 17.7 Å². The summed E-state index contributed by atoms with van der Waals surface area (Å²) < 4.78 is 46.7. The molecule has 0 unspecified atom stereocenters. The Hall–Kier alpha value is -3.00. The third kappa shape index (κ3) is 5.06. The van der Waals surface area contributed by atoms with Crippen LogP contribution in [0.1, 0.15) is 44.0 Å². The van der Waals surface area contributed by atoms with E-state index in [9.17, 15) is 18.0 Å². The van der Waals surface area contributed by atoms with Crippen LogP contribution in [-0.2, 0) is 23.9 Å². The van der Waals surface area contributed by atoms with Crippen LogP contribution in [0.3, 0.4) is 0 Å². The first-order chi connectivity index (χ1) is 15.9. The van der Waals surface area contributed by atoms with Gasteiger partial charge in [0.05, 0.1) is 34.2 Å². The van der Waals surface area contributed by atoms with Crippen molar-refractivity contribution < 1.29 is 22.7 Å². The number of carbonyl (C=O) groups is 1. The third-order valence-electron chi connectivity index (χ3n) is 5.48. The number of aromatic nitrogens is 2. The maximum absolute atomic E-state index is 13.2. The van der Waals surface area contributed by atoms with Crippen molar-refractivity contribution in [1.82, 2.24) is 14.7 Å². The summed E-state index contributed by atoms with van der Waals surface area (Å²) in [5.74, 6) is 0. The number of alkyl halides is 3. The largest absolute Gasteiger partial charge is 0.444 e. The molecule has 0 radical (unpaired) electrons. The van der Waals surface area contributed by atoms with E-state index in [2.05, 4.69) is 0 Å². The molecule has 4 rings (SSSR count). The normalized spacial score (nSPS) is 14.5. The molecule has 0 fully saturated rings. The van der Waals surface area contributed by atoms with Crippen LogP contribution >= 0.6 is 11.6 Å². The SMILES string of the molecule is CC(C)(C)OC(=O)N1CCCc2nn(-c3ccccc3Cl)c(-c3ccc(C(F)(F)F)cc3)c2C1. The minimum absolute atomic E-state index is 0.227. The molecule has 9 heteroatoms. The van der Waals surface area contributed by atoms with Gasteiger partial charge in [-0.3, -0.25) is 0 Å². The summed E-state index contributed by atoms with van der Waals surface area (Å²) in [5, 5.41) is 5.24. The Morgan fingerprint density at radius 3 is 2.35 bits per heavy atom. The number of para-hydroxylation sites is 1. The van der Waals surface area contributed by atoms with Crippen LogP contribution in [0.2, 0.25) is 5.02 Å². The molecular formula is C25H25ClF3N3O2. The average Bonchev–Trinajstić information content (AvgIpc) is 2.95. The van der Waals surface area contributed by atoms with Gasteiger partial charge in [0.15, 0.2) is 0 Å². The molecule has 2 heterocycles. The van der Waals surface area contributed by atoms with Crippen molar-refractivity contribution in [3.8, 4) is 16.9 Å². The van der Waals surface area contributed by atoms with Crippen LogP contribution in [0, 0.1) is 0 Å². The van der Waals surface area contributed by atoms with Crippen LogP contribution in [0.25, 0.3) is 16.9 Å². The number of benzene rings is 2. The molecule has 1 aliphatic rings. The van der Waals surface area contributed by atoms with Gasteiger partial charge >= 0.3 is 12.3 Å². The van der Waals surface area contributed by atoms with Crippen LogP contribution in [0.15, 0.2) is 48.5 Å². The molecule has 3 aromatic rings. The zero-order chi connectivity index (χ0) is 24.7. The molecule has 0 aliphatic carbocycles. The number of halogens is 4. The number of rotatable bonds is 2. The molecule has 0 saturated heterocycles. The Morgan fingerprint density at radius 2 is 1.74 bits per heavy atom. The lowest BCUT2D eigenvalue weighted by Crippen LogP contribution is -2.36. The van der Waals surface area contributed by atoms with Crippen molar-refractivity contribution in [1.29, 1.82) is 0 Å². The van der Waals surface area contributed by atoms with Crippen molar-refractivity contribution in [2.24, 2.45) is 0 Å². The fourth-order valence-corrected chi connectivity index (χ4v) is 4.18. The number of fused-ring (bicyclic) bond motifs is 1. The molecule has 0 atom stereocenters. The van der Waals surface area contributed by atoms with Gasteiger partial charge in [-0.15, -0.1) is 0 Å². The van der Waals surface area contributed by atoms with Crippen molar-refractivity contribution >= 4 is 17.7 Å². The molecule has 2 aromatic carbocycles. The van der Waals surface area contributed by atoms with E-state index in [0.29, 0.717) is 41.4 Å². The van der Waals surface area contributed by atoms with Crippen LogP contribution in [0.4, 0.5) is 18.0 Å². The fraction of sp³-hybridized carbons (Fsp3) is 0.360. The summed E-state index contributed by atoms with van der Waals surface area (Å²) in [6.45, 7) is 6.13. The van der Waals surface area contributed by atoms with Crippen LogP contribution < -0.4 is 0 Å². The lowest BCUT2D eigenvalue weighted by molar-refractivity contribution is -0.137. The van der Waals surface area contributed by atoms with E-state index in [0.717, 1.165) is 23.4 Å². The van der Waals surface area contributed by atoms with Gasteiger partial charge < -0.3 is 9.64 Å². The molecular weight excluding hydrogens is 467 g/mol. The second-order valence-corrected chi connectivity index (χ2v) is 9.62. The Labute approximate surface area is 201 Å².